The van der Waals surface area contributed by atoms with Crippen LogP contribution in [0.25, 0.3) is 0 Å². The predicted molar refractivity (Wildman–Crippen MR) is 69.4 cm³/mol. The lowest BCUT2D eigenvalue weighted by Crippen LogP contribution is -2.24. The molecule has 19 heavy (non-hydrogen) atoms. The minimum Gasteiger partial charge on any atom is -0.338 e. The first-order valence-electron chi connectivity index (χ1n) is 6.89. The summed E-state index contributed by atoms with van der Waals surface area (Å²) in [6.07, 6.45) is 4.35. The van der Waals surface area contributed by atoms with E-state index >= 15 is 0 Å². The van der Waals surface area contributed by atoms with Gasteiger partial charge in [0.25, 0.3) is 0 Å². The average Bonchev–Trinajstić information content (AvgIpc) is 3.02. The van der Waals surface area contributed by atoms with Crippen molar-refractivity contribution in [3.63, 3.8) is 0 Å². The molecule has 0 radical (unpaired) electrons. The topological polar surface area (TPSA) is 85.1 Å². The quantitative estimate of drug-likeness (QED) is 0.886. The zero-order valence-corrected chi connectivity index (χ0v) is 11.7. The van der Waals surface area contributed by atoms with Crippen molar-refractivity contribution < 1.29 is 12.9 Å². The predicted octanol–water partition coefficient (Wildman–Crippen LogP) is 0.861. The van der Waals surface area contributed by atoms with Crippen molar-refractivity contribution >= 4 is 9.84 Å². The number of nitrogens with one attached hydrogen (secondary N) is 1. The second kappa shape index (κ2) is 5.20. The maximum atomic E-state index is 11.4. The Hall–Kier alpha value is -0.950. The molecule has 0 amide bonds. The van der Waals surface area contributed by atoms with E-state index in [2.05, 4.69) is 15.5 Å². The van der Waals surface area contributed by atoms with Gasteiger partial charge in [-0.2, -0.15) is 4.98 Å². The first-order valence-corrected chi connectivity index (χ1v) is 8.71. The van der Waals surface area contributed by atoms with E-state index in [1.165, 1.54) is 0 Å². The van der Waals surface area contributed by atoms with Crippen LogP contribution in [0.3, 0.4) is 0 Å². The average molecular weight is 285 g/mol. The molecule has 2 aliphatic rings. The first kappa shape index (κ1) is 13.1. The number of hydrogen-bond acceptors (Lipinski definition) is 6. The van der Waals surface area contributed by atoms with E-state index in [-0.39, 0.29) is 6.04 Å². The molecular formula is C12H19N3O3S. The largest absolute Gasteiger partial charge is 0.338 e. The van der Waals surface area contributed by atoms with Crippen molar-refractivity contribution in [1.82, 2.24) is 15.5 Å². The lowest BCUT2D eigenvalue weighted by atomic mass is 9.99. The molecule has 1 unspecified atom stereocenters. The highest BCUT2D eigenvalue weighted by molar-refractivity contribution is 7.91. The molecule has 1 aromatic heterocycles. The van der Waals surface area contributed by atoms with Gasteiger partial charge in [-0.3, -0.25) is 0 Å². The number of sulfone groups is 1. The number of aromatic nitrogens is 2. The van der Waals surface area contributed by atoms with Gasteiger partial charge in [-0.1, -0.05) is 5.16 Å². The van der Waals surface area contributed by atoms with Crippen molar-refractivity contribution in [2.24, 2.45) is 5.92 Å². The Morgan fingerprint density at radius 1 is 1.26 bits per heavy atom. The minimum atomic E-state index is -2.79. The molecule has 1 atom stereocenters. The second-order valence-electron chi connectivity index (χ2n) is 5.50. The molecule has 0 aromatic carbocycles. The van der Waals surface area contributed by atoms with Gasteiger partial charge in [-0.25, -0.2) is 8.42 Å². The van der Waals surface area contributed by atoms with Crippen LogP contribution in [0.15, 0.2) is 4.52 Å². The fraction of sp³-hybridized carbons (Fsp3) is 0.833. The molecule has 0 saturated carbocycles. The molecule has 0 bridgehead atoms. The molecule has 7 heteroatoms. The SMILES string of the molecule is O=S1(=O)CCC(Cc2noc(C3CCCN3)n2)CC1. The van der Waals surface area contributed by atoms with Crippen LogP contribution in [-0.2, 0) is 16.3 Å². The Balaban J connectivity index is 1.58. The van der Waals surface area contributed by atoms with E-state index in [0.29, 0.717) is 42.0 Å². The minimum absolute atomic E-state index is 0.202. The monoisotopic (exact) mass is 285 g/mol. The van der Waals surface area contributed by atoms with Crippen molar-refractivity contribution in [3.05, 3.63) is 11.7 Å². The zero-order chi connectivity index (χ0) is 13.3. The van der Waals surface area contributed by atoms with Crippen molar-refractivity contribution in [1.29, 1.82) is 0 Å². The smallest absolute Gasteiger partial charge is 0.243 e. The Labute approximate surface area is 112 Å². The van der Waals surface area contributed by atoms with E-state index < -0.39 is 9.84 Å². The third-order valence-electron chi connectivity index (χ3n) is 3.99. The van der Waals surface area contributed by atoms with Crippen LogP contribution in [0.1, 0.15) is 43.4 Å². The Morgan fingerprint density at radius 3 is 2.74 bits per heavy atom. The summed E-state index contributed by atoms with van der Waals surface area (Å²) < 4.78 is 28.0. The first-order chi connectivity index (χ1) is 9.12. The van der Waals surface area contributed by atoms with Crippen LogP contribution in [0.4, 0.5) is 0 Å². The van der Waals surface area contributed by atoms with Crippen molar-refractivity contribution in [2.75, 3.05) is 18.1 Å². The highest BCUT2D eigenvalue weighted by Crippen LogP contribution is 2.24. The van der Waals surface area contributed by atoms with Crippen LogP contribution in [0, 0.1) is 5.92 Å². The summed E-state index contributed by atoms with van der Waals surface area (Å²) in [6.45, 7) is 1.00. The van der Waals surface area contributed by atoms with Crippen molar-refractivity contribution in [2.45, 2.75) is 38.1 Å². The van der Waals surface area contributed by atoms with Gasteiger partial charge in [-0.15, -0.1) is 0 Å². The van der Waals surface area contributed by atoms with Gasteiger partial charge < -0.3 is 9.84 Å². The van der Waals surface area contributed by atoms with Gasteiger partial charge in [0.1, 0.15) is 9.84 Å². The summed E-state index contributed by atoms with van der Waals surface area (Å²) in [7, 11) is -2.79. The Kier molecular flexibility index (Phi) is 3.58. The van der Waals surface area contributed by atoms with E-state index in [1.54, 1.807) is 0 Å². The summed E-state index contributed by atoms with van der Waals surface area (Å²) in [5.74, 6) is 2.36. The molecule has 0 aliphatic carbocycles. The molecule has 2 fully saturated rings. The molecule has 2 aliphatic heterocycles. The third kappa shape index (κ3) is 3.14. The molecular weight excluding hydrogens is 266 g/mol. The Morgan fingerprint density at radius 2 is 2.05 bits per heavy atom. The lowest BCUT2D eigenvalue weighted by Gasteiger charge is -2.20. The number of hydrogen-bond donors (Lipinski definition) is 1. The summed E-state index contributed by atoms with van der Waals surface area (Å²) in [6, 6.07) is 0.202. The van der Waals surface area contributed by atoms with E-state index in [4.69, 9.17) is 4.52 Å². The Bertz CT molecular complexity index is 520. The molecule has 106 valence electrons. The maximum absolute atomic E-state index is 11.4. The molecule has 0 spiro atoms. The third-order valence-corrected chi connectivity index (χ3v) is 5.70. The standard InChI is InChI=1S/C12H19N3O3S/c16-19(17)6-3-9(4-7-19)8-11-14-12(18-15-11)10-2-1-5-13-10/h9-10,13H,1-8H2. The summed E-state index contributed by atoms with van der Waals surface area (Å²) >= 11 is 0. The summed E-state index contributed by atoms with van der Waals surface area (Å²) in [5, 5.41) is 7.34. The fourth-order valence-electron chi connectivity index (χ4n) is 2.79. The second-order valence-corrected chi connectivity index (χ2v) is 7.80. The van der Waals surface area contributed by atoms with Gasteiger partial charge in [0.2, 0.25) is 5.89 Å². The molecule has 3 rings (SSSR count). The molecule has 3 heterocycles. The van der Waals surface area contributed by atoms with Gasteiger partial charge >= 0.3 is 0 Å². The van der Waals surface area contributed by atoms with E-state index in [1.807, 2.05) is 0 Å². The molecule has 1 aromatic rings. The lowest BCUT2D eigenvalue weighted by molar-refractivity contribution is 0.338. The van der Waals surface area contributed by atoms with Gasteiger partial charge in [0, 0.05) is 6.42 Å². The molecule has 6 nitrogen and oxygen atoms in total. The normalized spacial score (nSPS) is 27.7. The fourth-order valence-corrected chi connectivity index (χ4v) is 4.38. The van der Waals surface area contributed by atoms with Crippen LogP contribution >= 0.6 is 0 Å². The highest BCUT2D eigenvalue weighted by atomic mass is 32.2. The summed E-state index contributed by atoms with van der Waals surface area (Å²) in [5.41, 5.74) is 0. The number of nitrogens with zero attached hydrogens (tertiary/aromatic N) is 2. The molecule has 1 N–H and O–H groups in total. The van der Waals surface area contributed by atoms with Crippen LogP contribution in [0.5, 0.6) is 0 Å². The van der Waals surface area contributed by atoms with Crippen molar-refractivity contribution in [3.8, 4) is 0 Å². The van der Waals surface area contributed by atoms with Gasteiger partial charge in [0.15, 0.2) is 5.82 Å². The van der Waals surface area contributed by atoms with Gasteiger partial charge in [-0.05, 0) is 38.1 Å². The maximum Gasteiger partial charge on any atom is 0.243 e. The van der Waals surface area contributed by atoms with Crippen LogP contribution in [-0.4, -0.2) is 36.6 Å². The van der Waals surface area contributed by atoms with E-state index in [0.717, 1.165) is 25.8 Å². The summed E-state index contributed by atoms with van der Waals surface area (Å²) in [4.78, 5) is 4.43. The van der Waals surface area contributed by atoms with Gasteiger partial charge in [0.05, 0.1) is 17.5 Å². The number of rotatable bonds is 3. The van der Waals surface area contributed by atoms with Crippen LogP contribution in [0.2, 0.25) is 0 Å². The zero-order valence-electron chi connectivity index (χ0n) is 10.8. The van der Waals surface area contributed by atoms with Crippen LogP contribution < -0.4 is 5.32 Å². The highest BCUT2D eigenvalue weighted by Gasteiger charge is 2.26. The van der Waals surface area contributed by atoms with E-state index in [9.17, 15) is 8.42 Å². The molecule has 2 saturated heterocycles.